The Morgan fingerprint density at radius 2 is 1.84 bits per heavy atom. The van der Waals surface area contributed by atoms with Crippen LogP contribution in [0.1, 0.15) is 32.1 Å². The maximum atomic E-state index is 11.7. The normalized spacial score (nSPS) is 18.3. The highest BCUT2D eigenvalue weighted by Crippen LogP contribution is 2.31. The Bertz CT molecular complexity index is 315. The van der Waals surface area contributed by atoms with E-state index in [1.54, 1.807) is 0 Å². The Morgan fingerprint density at radius 3 is 2.37 bits per heavy atom. The van der Waals surface area contributed by atoms with E-state index in [0.29, 0.717) is 6.54 Å². The number of carboxylic acids is 1. The average molecular weight is 288 g/mol. The molecular weight excluding hydrogens is 264 g/mol. The van der Waals surface area contributed by atoms with Crippen LogP contribution in [0.15, 0.2) is 0 Å². The Labute approximate surface area is 119 Å². The van der Waals surface area contributed by atoms with E-state index in [-0.39, 0.29) is 23.0 Å². The molecule has 2 N–H and O–H groups in total. The number of amides is 1. The second-order valence-corrected chi connectivity index (χ2v) is 6.33. The Morgan fingerprint density at radius 1 is 1.21 bits per heavy atom. The van der Waals surface area contributed by atoms with E-state index >= 15 is 0 Å². The first kappa shape index (κ1) is 16.3. The molecule has 0 aromatic rings. The van der Waals surface area contributed by atoms with E-state index in [1.165, 1.54) is 19.3 Å². The number of rotatable bonds is 7. The van der Waals surface area contributed by atoms with Gasteiger partial charge in [-0.3, -0.25) is 9.59 Å². The number of carboxylic acid groups (broad SMARTS) is 1. The molecule has 0 unspecified atom stereocenters. The van der Waals surface area contributed by atoms with Gasteiger partial charge in [0.05, 0.1) is 11.5 Å². The molecule has 1 fully saturated rings. The van der Waals surface area contributed by atoms with E-state index in [9.17, 15) is 9.59 Å². The molecule has 110 valence electrons. The summed E-state index contributed by atoms with van der Waals surface area (Å²) in [6.45, 7) is 0.659. The molecule has 1 rings (SSSR count). The monoisotopic (exact) mass is 288 g/mol. The van der Waals surface area contributed by atoms with Crippen LogP contribution in [0.3, 0.4) is 0 Å². The van der Waals surface area contributed by atoms with Crippen molar-refractivity contribution in [2.75, 3.05) is 32.1 Å². The summed E-state index contributed by atoms with van der Waals surface area (Å²) in [4.78, 5) is 24.3. The fourth-order valence-corrected chi connectivity index (χ4v) is 3.10. The van der Waals surface area contributed by atoms with Crippen molar-refractivity contribution in [3.8, 4) is 0 Å². The van der Waals surface area contributed by atoms with Gasteiger partial charge in [0, 0.05) is 12.1 Å². The molecule has 0 bridgehead atoms. The van der Waals surface area contributed by atoms with Crippen LogP contribution in [0.4, 0.5) is 0 Å². The number of likely N-dealkylation sites (N-methyl/N-ethyl adjacent to an activating group) is 1. The van der Waals surface area contributed by atoms with E-state index in [2.05, 4.69) is 24.3 Å². The van der Waals surface area contributed by atoms with Gasteiger partial charge >= 0.3 is 5.97 Å². The standard InChI is InChI=1S/C13H24N2O3S/c1-15(2)13(6-4-3-5-7-13)10-14-11(16)8-19-9-12(17)18/h3-10H2,1-2H3,(H,14,16)(H,17,18). The topological polar surface area (TPSA) is 69.6 Å². The maximum absolute atomic E-state index is 11.7. The lowest BCUT2D eigenvalue weighted by Crippen LogP contribution is -2.54. The zero-order valence-electron chi connectivity index (χ0n) is 11.8. The first-order valence-electron chi connectivity index (χ1n) is 6.70. The van der Waals surface area contributed by atoms with Crippen LogP contribution in [0.25, 0.3) is 0 Å². The van der Waals surface area contributed by atoms with Crippen molar-refractivity contribution in [2.45, 2.75) is 37.6 Å². The van der Waals surface area contributed by atoms with Crippen LogP contribution in [0.2, 0.25) is 0 Å². The minimum atomic E-state index is -0.880. The third kappa shape index (κ3) is 5.40. The molecule has 0 spiro atoms. The molecule has 5 nitrogen and oxygen atoms in total. The summed E-state index contributed by atoms with van der Waals surface area (Å²) in [5, 5.41) is 11.5. The molecule has 1 amide bonds. The van der Waals surface area contributed by atoms with E-state index in [0.717, 1.165) is 24.6 Å². The molecular formula is C13H24N2O3S. The second-order valence-electron chi connectivity index (χ2n) is 5.34. The van der Waals surface area contributed by atoms with Gasteiger partial charge in [-0.15, -0.1) is 11.8 Å². The number of nitrogens with one attached hydrogen (secondary N) is 1. The van der Waals surface area contributed by atoms with Crippen LogP contribution < -0.4 is 5.32 Å². The van der Waals surface area contributed by atoms with Gasteiger partial charge in [-0.1, -0.05) is 19.3 Å². The molecule has 0 atom stereocenters. The Balaban J connectivity index is 2.35. The summed E-state index contributed by atoms with van der Waals surface area (Å²) in [7, 11) is 4.13. The van der Waals surface area contributed by atoms with Crippen molar-refractivity contribution >= 4 is 23.6 Å². The third-order valence-corrected chi connectivity index (χ3v) is 4.72. The molecule has 1 saturated carbocycles. The van der Waals surface area contributed by atoms with Crippen molar-refractivity contribution in [3.63, 3.8) is 0 Å². The van der Waals surface area contributed by atoms with Gasteiger partial charge in [-0.05, 0) is 26.9 Å². The maximum Gasteiger partial charge on any atom is 0.313 e. The number of carbonyl (C=O) groups is 2. The molecule has 0 aliphatic heterocycles. The summed E-state index contributed by atoms with van der Waals surface area (Å²) in [6, 6.07) is 0. The van der Waals surface area contributed by atoms with Crippen LogP contribution >= 0.6 is 11.8 Å². The Hall–Kier alpha value is -0.750. The molecule has 0 heterocycles. The summed E-state index contributed by atoms with van der Waals surface area (Å²) < 4.78 is 0. The molecule has 1 aliphatic rings. The van der Waals surface area contributed by atoms with Crippen LogP contribution in [0, 0.1) is 0 Å². The lowest BCUT2D eigenvalue weighted by Gasteiger charge is -2.43. The molecule has 0 saturated heterocycles. The molecule has 6 heteroatoms. The largest absolute Gasteiger partial charge is 0.481 e. The highest BCUT2D eigenvalue weighted by Gasteiger charge is 2.34. The molecule has 1 aliphatic carbocycles. The minimum absolute atomic E-state index is 0.0216. The molecule has 19 heavy (non-hydrogen) atoms. The van der Waals surface area contributed by atoms with E-state index in [4.69, 9.17) is 5.11 Å². The van der Waals surface area contributed by atoms with E-state index < -0.39 is 5.97 Å². The third-order valence-electron chi connectivity index (χ3n) is 3.81. The number of carbonyl (C=O) groups excluding carboxylic acids is 1. The van der Waals surface area contributed by atoms with Gasteiger partial charge in [0.2, 0.25) is 5.91 Å². The number of nitrogens with zero attached hydrogens (tertiary/aromatic N) is 1. The average Bonchev–Trinajstić information content (AvgIpc) is 2.37. The van der Waals surface area contributed by atoms with Gasteiger partial charge in [0.1, 0.15) is 0 Å². The first-order chi connectivity index (χ1) is 8.96. The van der Waals surface area contributed by atoms with Gasteiger partial charge < -0.3 is 15.3 Å². The number of hydrogen-bond donors (Lipinski definition) is 2. The lowest BCUT2D eigenvalue weighted by molar-refractivity contribution is -0.133. The smallest absolute Gasteiger partial charge is 0.313 e. The molecule has 0 radical (unpaired) electrons. The predicted molar refractivity (Wildman–Crippen MR) is 77.5 cm³/mol. The summed E-state index contributed by atoms with van der Waals surface area (Å²) >= 11 is 1.14. The number of aliphatic carboxylic acids is 1. The second kappa shape index (κ2) is 7.75. The SMILES string of the molecule is CN(C)C1(CNC(=O)CSCC(=O)O)CCCCC1. The highest BCUT2D eigenvalue weighted by atomic mass is 32.2. The minimum Gasteiger partial charge on any atom is -0.481 e. The van der Waals surface area contributed by atoms with Gasteiger partial charge in [0.25, 0.3) is 0 Å². The summed E-state index contributed by atoms with van der Waals surface area (Å²) in [6.07, 6.45) is 5.92. The predicted octanol–water partition coefficient (Wildman–Crippen LogP) is 1.18. The zero-order chi connectivity index (χ0) is 14.3. The zero-order valence-corrected chi connectivity index (χ0v) is 12.6. The summed E-state index contributed by atoms with van der Waals surface area (Å²) in [5.41, 5.74) is 0.0748. The van der Waals surface area contributed by atoms with Crippen LogP contribution in [-0.2, 0) is 9.59 Å². The lowest BCUT2D eigenvalue weighted by atomic mass is 9.80. The quantitative estimate of drug-likeness (QED) is 0.736. The van der Waals surface area contributed by atoms with Gasteiger partial charge in [-0.2, -0.15) is 0 Å². The highest BCUT2D eigenvalue weighted by molar-refractivity contribution is 8.00. The van der Waals surface area contributed by atoms with Crippen molar-refractivity contribution < 1.29 is 14.7 Å². The number of hydrogen-bond acceptors (Lipinski definition) is 4. The Kier molecular flexibility index (Phi) is 6.65. The summed E-state index contributed by atoms with van der Waals surface area (Å²) in [5.74, 6) is -0.755. The van der Waals surface area contributed by atoms with Gasteiger partial charge in [-0.25, -0.2) is 0 Å². The van der Waals surface area contributed by atoms with Crippen molar-refractivity contribution in [1.29, 1.82) is 0 Å². The number of thioether (sulfide) groups is 1. The van der Waals surface area contributed by atoms with Crippen molar-refractivity contribution in [2.24, 2.45) is 0 Å². The van der Waals surface area contributed by atoms with Crippen molar-refractivity contribution in [1.82, 2.24) is 10.2 Å². The fourth-order valence-electron chi connectivity index (χ4n) is 2.54. The molecule has 0 aromatic heterocycles. The molecule has 0 aromatic carbocycles. The van der Waals surface area contributed by atoms with Crippen LogP contribution in [-0.4, -0.2) is 59.6 Å². The first-order valence-corrected chi connectivity index (χ1v) is 7.85. The van der Waals surface area contributed by atoms with E-state index in [1.807, 2.05) is 0 Å². The van der Waals surface area contributed by atoms with Crippen LogP contribution in [0.5, 0.6) is 0 Å². The van der Waals surface area contributed by atoms with Gasteiger partial charge in [0.15, 0.2) is 0 Å². The fraction of sp³-hybridized carbons (Fsp3) is 0.846. The van der Waals surface area contributed by atoms with Crippen molar-refractivity contribution in [3.05, 3.63) is 0 Å².